The summed E-state index contributed by atoms with van der Waals surface area (Å²) in [4.78, 5) is 0. The number of nitrogens with zero attached hydrogens (tertiary/aromatic N) is 1. The van der Waals surface area contributed by atoms with E-state index in [2.05, 4.69) is 60.0 Å². The molecule has 1 fully saturated rings. The van der Waals surface area contributed by atoms with E-state index in [4.69, 9.17) is 4.42 Å². The van der Waals surface area contributed by atoms with Gasteiger partial charge in [0.05, 0.1) is 5.69 Å². The third kappa shape index (κ3) is 1.64. The maximum absolute atomic E-state index is 6.30. The van der Waals surface area contributed by atoms with Gasteiger partial charge in [0.15, 0.2) is 5.58 Å². The van der Waals surface area contributed by atoms with Crippen LogP contribution in [0.2, 0.25) is 0 Å². The number of para-hydroxylation sites is 1. The van der Waals surface area contributed by atoms with Crippen LogP contribution in [-0.4, -0.2) is 11.8 Å². The molecule has 0 spiro atoms. The molecule has 2 heterocycles. The van der Waals surface area contributed by atoms with Crippen LogP contribution < -0.4 is 9.62 Å². The third-order valence-electron chi connectivity index (χ3n) is 5.75. The highest BCUT2D eigenvalue weighted by Gasteiger charge is 2.67. The van der Waals surface area contributed by atoms with Gasteiger partial charge in [-0.3, -0.25) is 4.31 Å². The quantitative estimate of drug-likeness (QED) is 0.654. The van der Waals surface area contributed by atoms with Gasteiger partial charge in [0.25, 0.3) is 0 Å². The molecule has 4 heteroatoms. The minimum atomic E-state index is 0.226. The van der Waals surface area contributed by atoms with Crippen molar-refractivity contribution >= 4 is 39.6 Å². The lowest BCUT2D eigenvalue weighted by atomic mass is 9.92. The number of furan rings is 1. The number of hydrogen-bond donors (Lipinski definition) is 1. The largest absolute Gasteiger partial charge is 0.454 e. The fourth-order valence-electron chi connectivity index (χ4n) is 4.09. The van der Waals surface area contributed by atoms with Crippen LogP contribution in [0.3, 0.4) is 0 Å². The van der Waals surface area contributed by atoms with Crippen molar-refractivity contribution in [3.05, 3.63) is 54.4 Å². The zero-order chi connectivity index (χ0) is 16.5. The van der Waals surface area contributed by atoms with Gasteiger partial charge in [-0.1, -0.05) is 37.3 Å². The minimum absolute atomic E-state index is 0.226. The summed E-state index contributed by atoms with van der Waals surface area (Å²) in [6.07, 6.45) is 5.29. The fourth-order valence-corrected chi connectivity index (χ4v) is 5.59. The maximum atomic E-state index is 6.30. The van der Waals surface area contributed by atoms with Gasteiger partial charge in [0.1, 0.15) is 5.58 Å². The molecule has 1 N–H and O–H groups in total. The van der Waals surface area contributed by atoms with Crippen molar-refractivity contribution in [2.75, 3.05) is 11.4 Å². The molecule has 0 amide bonds. The average Bonchev–Trinajstić information content (AvgIpc) is 2.98. The first-order valence-corrected chi connectivity index (χ1v) is 9.12. The summed E-state index contributed by atoms with van der Waals surface area (Å²) < 4.78 is 8.84. The molecular formula is C20H20N2OS. The molecule has 1 saturated carbocycles. The Morgan fingerprint density at radius 1 is 1.17 bits per heavy atom. The van der Waals surface area contributed by atoms with Gasteiger partial charge in [-0.05, 0) is 36.9 Å². The molecule has 2 aromatic carbocycles. The number of benzene rings is 2. The summed E-state index contributed by atoms with van der Waals surface area (Å²) in [5.41, 5.74) is 4.79. The number of hydrogen-bond acceptors (Lipinski definition) is 4. The molecule has 24 heavy (non-hydrogen) atoms. The van der Waals surface area contributed by atoms with Crippen LogP contribution in [0.15, 0.2) is 53.2 Å². The van der Waals surface area contributed by atoms with Gasteiger partial charge in [-0.15, -0.1) is 0 Å². The molecule has 0 bridgehead atoms. The predicted octanol–water partition coefficient (Wildman–Crippen LogP) is 5.16. The van der Waals surface area contributed by atoms with E-state index >= 15 is 0 Å². The SMILES string of the molecule is CN/C=C\N1S[C@]2(C)CC2(C)c2ccc3c(oc4ccccc43)c21. The van der Waals surface area contributed by atoms with E-state index in [1.807, 2.05) is 31.3 Å². The molecule has 3 aromatic rings. The molecule has 1 aliphatic heterocycles. The summed E-state index contributed by atoms with van der Waals surface area (Å²) in [5, 5.41) is 5.49. The summed E-state index contributed by atoms with van der Waals surface area (Å²) in [6.45, 7) is 4.75. The van der Waals surface area contributed by atoms with E-state index < -0.39 is 0 Å². The zero-order valence-electron chi connectivity index (χ0n) is 14.1. The van der Waals surface area contributed by atoms with E-state index in [0.29, 0.717) is 0 Å². The molecule has 3 nitrogen and oxygen atoms in total. The normalized spacial score (nSPS) is 28.4. The highest BCUT2D eigenvalue weighted by atomic mass is 32.2. The average molecular weight is 336 g/mol. The lowest BCUT2D eigenvalue weighted by molar-refractivity contribution is 0.663. The van der Waals surface area contributed by atoms with E-state index in [0.717, 1.165) is 11.2 Å². The lowest BCUT2D eigenvalue weighted by Gasteiger charge is -2.34. The molecule has 1 aliphatic carbocycles. The number of rotatable bonds is 2. The molecule has 0 saturated heterocycles. The number of nitrogens with one attached hydrogen (secondary N) is 1. The van der Waals surface area contributed by atoms with E-state index in [-0.39, 0.29) is 10.2 Å². The molecular weight excluding hydrogens is 316 g/mol. The molecule has 122 valence electrons. The van der Waals surface area contributed by atoms with Crippen LogP contribution >= 0.6 is 11.9 Å². The van der Waals surface area contributed by atoms with Crippen LogP contribution in [0, 0.1) is 0 Å². The second-order valence-corrected chi connectivity index (χ2v) is 8.67. The highest BCUT2D eigenvalue weighted by Crippen LogP contribution is 2.71. The molecule has 2 aliphatic rings. The molecule has 1 aromatic heterocycles. The van der Waals surface area contributed by atoms with Crippen molar-refractivity contribution in [2.24, 2.45) is 0 Å². The Labute approximate surface area is 145 Å². The van der Waals surface area contributed by atoms with Crippen LogP contribution in [-0.2, 0) is 5.41 Å². The van der Waals surface area contributed by atoms with E-state index in [1.165, 1.54) is 28.4 Å². The number of fused-ring (bicyclic) bond motifs is 7. The smallest absolute Gasteiger partial charge is 0.160 e. The van der Waals surface area contributed by atoms with E-state index in [9.17, 15) is 0 Å². The third-order valence-corrected chi connectivity index (χ3v) is 7.24. The van der Waals surface area contributed by atoms with Gasteiger partial charge < -0.3 is 9.73 Å². The van der Waals surface area contributed by atoms with Crippen molar-refractivity contribution in [3.63, 3.8) is 0 Å². The van der Waals surface area contributed by atoms with Gasteiger partial charge in [-0.2, -0.15) is 0 Å². The zero-order valence-corrected chi connectivity index (χ0v) is 14.9. The second-order valence-electron chi connectivity index (χ2n) is 7.20. The van der Waals surface area contributed by atoms with Gasteiger partial charge >= 0.3 is 0 Å². The summed E-state index contributed by atoms with van der Waals surface area (Å²) in [6, 6.07) is 12.8. The van der Waals surface area contributed by atoms with Crippen molar-refractivity contribution < 1.29 is 4.42 Å². The minimum Gasteiger partial charge on any atom is -0.454 e. The van der Waals surface area contributed by atoms with Gasteiger partial charge in [-0.25, -0.2) is 0 Å². The Morgan fingerprint density at radius 3 is 2.83 bits per heavy atom. The molecule has 5 rings (SSSR count). The number of anilines is 1. The van der Waals surface area contributed by atoms with Crippen LogP contribution in [0.1, 0.15) is 25.8 Å². The van der Waals surface area contributed by atoms with Crippen molar-refractivity contribution in [2.45, 2.75) is 30.4 Å². The highest BCUT2D eigenvalue weighted by molar-refractivity contribution is 8.02. The Kier molecular flexibility index (Phi) is 2.69. The first kappa shape index (κ1) is 14.3. The summed E-state index contributed by atoms with van der Waals surface area (Å²) in [7, 11) is 1.93. The standard InChI is InChI=1S/C20H20N2OS/c1-19-12-20(19,2)24-22(11-10-21-3)17-15(19)9-8-14-13-6-4-5-7-16(13)23-18(14)17/h4-11,21H,12H2,1-3H3/b11-10-/t19?,20-/m1/s1. The van der Waals surface area contributed by atoms with Crippen LogP contribution in [0.25, 0.3) is 21.9 Å². The fraction of sp³-hybridized carbons (Fsp3) is 0.300. The second kappa shape index (κ2) is 4.51. The monoisotopic (exact) mass is 336 g/mol. The Balaban J connectivity index is 1.85. The van der Waals surface area contributed by atoms with Gasteiger partial charge in [0, 0.05) is 40.4 Å². The molecule has 0 radical (unpaired) electrons. The van der Waals surface area contributed by atoms with Crippen molar-refractivity contribution in [1.82, 2.24) is 5.32 Å². The maximum Gasteiger partial charge on any atom is 0.160 e. The topological polar surface area (TPSA) is 28.4 Å². The Bertz CT molecular complexity index is 1010. The predicted molar refractivity (Wildman–Crippen MR) is 102 cm³/mol. The lowest BCUT2D eigenvalue weighted by Crippen LogP contribution is -2.28. The Morgan fingerprint density at radius 2 is 2.00 bits per heavy atom. The summed E-state index contributed by atoms with van der Waals surface area (Å²) >= 11 is 1.92. The molecule has 1 unspecified atom stereocenters. The van der Waals surface area contributed by atoms with E-state index in [1.54, 1.807) is 0 Å². The first-order chi connectivity index (χ1) is 11.6. The summed E-state index contributed by atoms with van der Waals surface area (Å²) in [5.74, 6) is 0. The Hall–Kier alpha value is -2.07. The van der Waals surface area contributed by atoms with Crippen LogP contribution in [0.4, 0.5) is 5.69 Å². The van der Waals surface area contributed by atoms with Crippen molar-refractivity contribution in [3.8, 4) is 0 Å². The van der Waals surface area contributed by atoms with Gasteiger partial charge in [0.2, 0.25) is 0 Å². The van der Waals surface area contributed by atoms with Crippen LogP contribution in [0.5, 0.6) is 0 Å². The molecule has 2 atom stereocenters. The van der Waals surface area contributed by atoms with Crippen molar-refractivity contribution in [1.29, 1.82) is 0 Å². The first-order valence-electron chi connectivity index (χ1n) is 8.34.